The molecule has 0 amide bonds. The van der Waals surface area contributed by atoms with Crippen molar-refractivity contribution < 1.29 is 4.74 Å². The Hall–Kier alpha value is -1.42. The summed E-state index contributed by atoms with van der Waals surface area (Å²) in [6.07, 6.45) is 0. The Kier molecular flexibility index (Phi) is 5.63. The average molecular weight is 250 g/mol. The lowest BCUT2D eigenvalue weighted by molar-refractivity contribution is 0.403. The molecule has 0 aliphatic heterocycles. The van der Waals surface area contributed by atoms with Gasteiger partial charge in [0.05, 0.1) is 7.11 Å². The Morgan fingerprint density at radius 3 is 2.29 bits per heavy atom. The molecule has 1 aromatic carbocycles. The normalized spacial score (nSPS) is 11.1. The first-order valence-corrected chi connectivity index (χ1v) is 6.10. The van der Waals surface area contributed by atoms with E-state index in [4.69, 9.17) is 17.0 Å². The molecule has 0 spiro atoms. The van der Waals surface area contributed by atoms with Gasteiger partial charge in [-0.05, 0) is 38.2 Å². The van der Waals surface area contributed by atoms with E-state index in [2.05, 4.69) is 18.8 Å². The molecule has 4 heteroatoms. The lowest BCUT2D eigenvalue weighted by atomic mass is 10.2. The second-order valence-corrected chi connectivity index (χ2v) is 3.81. The minimum atomic E-state index is 0.558. The van der Waals surface area contributed by atoms with Gasteiger partial charge in [-0.2, -0.15) is 4.99 Å². The van der Waals surface area contributed by atoms with Gasteiger partial charge in [0.15, 0.2) is 5.11 Å². The number of methoxy groups -OCH3 is 1. The molecule has 0 fully saturated rings. The van der Waals surface area contributed by atoms with Crippen LogP contribution in [0.3, 0.4) is 0 Å². The first kappa shape index (κ1) is 13.6. The monoisotopic (exact) mass is 250 g/mol. The Bertz CT molecular complexity index is 386. The summed E-state index contributed by atoms with van der Waals surface area (Å²) in [7, 11) is 1.61. The Morgan fingerprint density at radius 2 is 1.82 bits per heavy atom. The fraction of sp³-hybridized carbons (Fsp3) is 0.385. The third-order valence-electron chi connectivity index (χ3n) is 2.45. The quantitative estimate of drug-likeness (QED) is 0.468. The third kappa shape index (κ3) is 3.82. The van der Waals surface area contributed by atoms with Gasteiger partial charge in [0.2, 0.25) is 5.90 Å². The lowest BCUT2D eigenvalue weighted by Gasteiger charge is -2.18. The van der Waals surface area contributed by atoms with Crippen LogP contribution >= 0.6 is 12.2 Å². The molecule has 1 aromatic rings. The maximum atomic E-state index is 5.28. The molecule has 0 heterocycles. The van der Waals surface area contributed by atoms with E-state index >= 15 is 0 Å². The standard InChI is InChI=1S/C13H18N2OS/c1-4-15(5-2)13(17)14-12(16-3)11-9-7-6-8-10-11/h6-10H,4-5H2,1-3H3/b14-12+. The smallest absolute Gasteiger partial charge is 0.223 e. The highest BCUT2D eigenvalue weighted by molar-refractivity contribution is 7.80. The summed E-state index contributed by atoms with van der Waals surface area (Å²) in [6.45, 7) is 5.82. The van der Waals surface area contributed by atoms with Crippen molar-refractivity contribution in [1.82, 2.24) is 4.90 Å². The Labute approximate surface area is 108 Å². The highest BCUT2D eigenvalue weighted by Gasteiger charge is 2.08. The van der Waals surface area contributed by atoms with E-state index in [1.54, 1.807) is 7.11 Å². The largest absolute Gasteiger partial charge is 0.480 e. The number of hydrogen-bond donors (Lipinski definition) is 0. The highest BCUT2D eigenvalue weighted by atomic mass is 32.1. The van der Waals surface area contributed by atoms with Crippen LogP contribution in [0.1, 0.15) is 19.4 Å². The predicted molar refractivity (Wildman–Crippen MR) is 75.5 cm³/mol. The maximum Gasteiger partial charge on any atom is 0.223 e. The van der Waals surface area contributed by atoms with E-state index in [9.17, 15) is 0 Å². The van der Waals surface area contributed by atoms with Crippen LogP contribution in [0.4, 0.5) is 0 Å². The number of aliphatic imine (C=N–C) groups is 1. The van der Waals surface area contributed by atoms with Gasteiger partial charge >= 0.3 is 0 Å². The van der Waals surface area contributed by atoms with Gasteiger partial charge < -0.3 is 9.64 Å². The number of ether oxygens (including phenoxy) is 1. The summed E-state index contributed by atoms with van der Waals surface area (Å²) in [4.78, 5) is 6.37. The first-order valence-electron chi connectivity index (χ1n) is 5.69. The summed E-state index contributed by atoms with van der Waals surface area (Å²) < 4.78 is 5.28. The van der Waals surface area contributed by atoms with Crippen LogP contribution in [-0.4, -0.2) is 36.1 Å². The van der Waals surface area contributed by atoms with Crippen molar-refractivity contribution in [2.45, 2.75) is 13.8 Å². The number of hydrogen-bond acceptors (Lipinski definition) is 2. The van der Waals surface area contributed by atoms with E-state index in [0.29, 0.717) is 11.0 Å². The lowest BCUT2D eigenvalue weighted by Crippen LogP contribution is -2.28. The van der Waals surface area contributed by atoms with E-state index in [-0.39, 0.29) is 0 Å². The van der Waals surface area contributed by atoms with Crippen LogP contribution in [-0.2, 0) is 4.74 Å². The molecule has 0 radical (unpaired) electrons. The molecule has 0 aliphatic carbocycles. The summed E-state index contributed by atoms with van der Waals surface area (Å²) in [5.41, 5.74) is 0.935. The topological polar surface area (TPSA) is 24.8 Å². The van der Waals surface area contributed by atoms with Gasteiger partial charge in [-0.1, -0.05) is 18.2 Å². The van der Waals surface area contributed by atoms with E-state index < -0.39 is 0 Å². The maximum absolute atomic E-state index is 5.28. The number of thiocarbonyl (C=S) groups is 1. The molecule has 92 valence electrons. The minimum Gasteiger partial charge on any atom is -0.480 e. The van der Waals surface area contributed by atoms with E-state index in [1.807, 2.05) is 35.2 Å². The van der Waals surface area contributed by atoms with Crippen LogP contribution in [0, 0.1) is 0 Å². The molecule has 0 bridgehead atoms. The first-order chi connectivity index (χ1) is 8.22. The zero-order chi connectivity index (χ0) is 12.7. The van der Waals surface area contributed by atoms with Crippen LogP contribution in [0.15, 0.2) is 35.3 Å². The summed E-state index contributed by atoms with van der Waals surface area (Å²) in [5.74, 6) is 0.558. The van der Waals surface area contributed by atoms with Crippen molar-refractivity contribution in [3.05, 3.63) is 35.9 Å². The highest BCUT2D eigenvalue weighted by Crippen LogP contribution is 2.04. The van der Waals surface area contributed by atoms with E-state index in [1.165, 1.54) is 0 Å². The SMILES string of the molecule is CCN(CC)C(=S)/N=C(/OC)c1ccccc1. The Balaban J connectivity index is 2.91. The Morgan fingerprint density at radius 1 is 1.24 bits per heavy atom. The van der Waals surface area contributed by atoms with Crippen molar-refractivity contribution >= 4 is 23.2 Å². The van der Waals surface area contributed by atoms with Gasteiger partial charge in [0.25, 0.3) is 0 Å². The van der Waals surface area contributed by atoms with Crippen LogP contribution in [0.5, 0.6) is 0 Å². The average Bonchev–Trinajstić information content (AvgIpc) is 2.38. The molecule has 3 nitrogen and oxygen atoms in total. The van der Waals surface area contributed by atoms with Crippen LogP contribution in [0.2, 0.25) is 0 Å². The molecule has 0 saturated heterocycles. The van der Waals surface area contributed by atoms with Crippen molar-refractivity contribution in [3.63, 3.8) is 0 Å². The second-order valence-electron chi connectivity index (χ2n) is 3.44. The predicted octanol–water partition coefficient (Wildman–Crippen LogP) is 2.71. The third-order valence-corrected chi connectivity index (χ3v) is 2.79. The molecule has 0 atom stereocenters. The zero-order valence-corrected chi connectivity index (χ0v) is 11.3. The van der Waals surface area contributed by atoms with Crippen molar-refractivity contribution in [2.24, 2.45) is 4.99 Å². The molecule has 0 aromatic heterocycles. The summed E-state index contributed by atoms with van der Waals surface area (Å²) in [6, 6.07) is 9.76. The van der Waals surface area contributed by atoms with Crippen molar-refractivity contribution in [1.29, 1.82) is 0 Å². The van der Waals surface area contributed by atoms with Crippen LogP contribution in [0.25, 0.3) is 0 Å². The summed E-state index contributed by atoms with van der Waals surface area (Å²) in [5, 5.41) is 0.565. The number of nitrogens with zero attached hydrogens (tertiary/aromatic N) is 2. The van der Waals surface area contributed by atoms with Gasteiger partial charge in [-0.15, -0.1) is 0 Å². The fourth-order valence-corrected chi connectivity index (χ4v) is 1.80. The number of benzene rings is 1. The minimum absolute atomic E-state index is 0.558. The summed E-state index contributed by atoms with van der Waals surface area (Å²) >= 11 is 5.27. The van der Waals surface area contributed by atoms with Crippen LogP contribution < -0.4 is 0 Å². The molecule has 0 unspecified atom stereocenters. The molecule has 1 rings (SSSR count). The number of rotatable bonds is 3. The van der Waals surface area contributed by atoms with Gasteiger partial charge in [-0.25, -0.2) is 0 Å². The molecule has 0 N–H and O–H groups in total. The molecule has 0 saturated carbocycles. The molecular weight excluding hydrogens is 232 g/mol. The van der Waals surface area contributed by atoms with Gasteiger partial charge in [-0.3, -0.25) is 0 Å². The molecule has 0 aliphatic rings. The van der Waals surface area contributed by atoms with E-state index in [0.717, 1.165) is 18.7 Å². The molecule has 17 heavy (non-hydrogen) atoms. The van der Waals surface area contributed by atoms with Crippen molar-refractivity contribution in [3.8, 4) is 0 Å². The second kappa shape index (κ2) is 7.01. The van der Waals surface area contributed by atoms with Crippen molar-refractivity contribution in [2.75, 3.05) is 20.2 Å². The fourth-order valence-electron chi connectivity index (χ4n) is 1.46. The van der Waals surface area contributed by atoms with Gasteiger partial charge in [0.1, 0.15) is 0 Å². The zero-order valence-electron chi connectivity index (χ0n) is 10.5. The van der Waals surface area contributed by atoms with Gasteiger partial charge in [0, 0.05) is 18.7 Å². The molecular formula is C13H18N2OS.